The van der Waals surface area contributed by atoms with E-state index in [0.717, 1.165) is 33.0 Å². The maximum absolute atomic E-state index is 5.07. The number of rotatable bonds is 3. The molecule has 0 radical (unpaired) electrons. The average molecular weight is 625 g/mol. The average Bonchev–Trinajstić information content (AvgIpc) is 3.54. The molecule has 3 heterocycles. The third kappa shape index (κ3) is 4.35. The molecule has 0 saturated heterocycles. The molecule has 7 aromatic carbocycles. The quantitative estimate of drug-likeness (QED) is 0.196. The van der Waals surface area contributed by atoms with Crippen LogP contribution in [0.4, 0.5) is 0 Å². The summed E-state index contributed by atoms with van der Waals surface area (Å²) in [7, 11) is 0. The van der Waals surface area contributed by atoms with Crippen LogP contribution in [0, 0.1) is 0 Å². The molecule has 0 unspecified atom stereocenters. The molecule has 0 bridgehead atoms. The van der Waals surface area contributed by atoms with Crippen molar-refractivity contribution in [2.75, 3.05) is 0 Å². The van der Waals surface area contributed by atoms with Crippen LogP contribution in [0.25, 0.3) is 93.8 Å². The molecule has 0 fully saturated rings. The van der Waals surface area contributed by atoms with Gasteiger partial charge in [0.05, 0.1) is 16.6 Å². The van der Waals surface area contributed by atoms with E-state index in [1.165, 1.54) is 43.4 Å². The van der Waals surface area contributed by atoms with Gasteiger partial charge in [0.25, 0.3) is 0 Å². The van der Waals surface area contributed by atoms with Crippen LogP contribution in [0.1, 0.15) is 0 Å². The van der Waals surface area contributed by atoms with Crippen molar-refractivity contribution in [2.45, 2.75) is 0 Å². The van der Waals surface area contributed by atoms with Crippen LogP contribution >= 0.6 is 0 Å². The van der Waals surface area contributed by atoms with Crippen molar-refractivity contribution in [3.63, 3.8) is 0 Å². The van der Waals surface area contributed by atoms with E-state index in [-0.39, 0.29) is 0 Å². The molecule has 49 heavy (non-hydrogen) atoms. The zero-order valence-corrected chi connectivity index (χ0v) is 26.5. The zero-order valence-electron chi connectivity index (χ0n) is 26.5. The number of para-hydroxylation sites is 3. The number of fused-ring (bicyclic) bond motifs is 10. The first-order valence-electron chi connectivity index (χ1n) is 16.5. The number of hydrogen-bond acceptors (Lipinski definition) is 3. The van der Waals surface area contributed by atoms with Crippen molar-refractivity contribution in [3.05, 3.63) is 170 Å². The zero-order chi connectivity index (χ0) is 32.3. The fraction of sp³-hybridized carbons (Fsp3) is 0. The lowest BCUT2D eigenvalue weighted by atomic mass is 9.98. The Bertz CT molecular complexity index is 2870. The molecule has 0 saturated carbocycles. The number of nitrogens with zero attached hydrogens (tertiary/aromatic N) is 4. The van der Waals surface area contributed by atoms with E-state index in [4.69, 9.17) is 15.0 Å². The highest BCUT2D eigenvalue weighted by Crippen LogP contribution is 2.39. The Labute approximate surface area is 282 Å². The van der Waals surface area contributed by atoms with Gasteiger partial charge >= 0.3 is 0 Å². The molecular formula is C45H28N4. The molecule has 10 aromatic rings. The standard InChI is InChI=1S/C45H28N4/c1-3-14-29(15-4-1)43-46-44(30-16-5-2-6-17-30)48-45(47-43)31-26-27-34-35-20-9-11-24-40(35)49-41-25-12-10-21-36(41)38-23-13-22-37(42(38)49)32-18-7-8-19-33(32)39(34)28-31/h1-28H. The minimum Gasteiger partial charge on any atom is -0.308 e. The lowest BCUT2D eigenvalue weighted by Gasteiger charge is -2.10. The van der Waals surface area contributed by atoms with E-state index in [0.29, 0.717) is 17.5 Å². The van der Waals surface area contributed by atoms with E-state index < -0.39 is 0 Å². The van der Waals surface area contributed by atoms with Crippen molar-refractivity contribution >= 4 is 59.6 Å². The molecule has 228 valence electrons. The van der Waals surface area contributed by atoms with Crippen molar-refractivity contribution in [1.29, 1.82) is 0 Å². The van der Waals surface area contributed by atoms with Gasteiger partial charge in [0.1, 0.15) is 0 Å². The first kappa shape index (κ1) is 27.5. The number of aromatic nitrogens is 4. The molecular weight excluding hydrogens is 597 g/mol. The predicted octanol–water partition coefficient (Wildman–Crippen LogP) is 11.5. The lowest BCUT2D eigenvalue weighted by molar-refractivity contribution is 1.07. The van der Waals surface area contributed by atoms with Crippen LogP contribution < -0.4 is 0 Å². The fourth-order valence-corrected chi connectivity index (χ4v) is 7.41. The molecule has 3 aromatic heterocycles. The SMILES string of the molecule is c1ccc(-c2nc(-c3ccccc3)nc(-c3ccc4c(c3)c3ccccc3c3cccc5c6ccccc6n(c6ccccc46)c35)n2)cc1. The minimum absolute atomic E-state index is 0.639. The molecule has 0 aliphatic carbocycles. The Morgan fingerprint density at radius 2 is 0.694 bits per heavy atom. The minimum atomic E-state index is 0.639. The van der Waals surface area contributed by atoms with Crippen molar-refractivity contribution in [3.8, 4) is 34.2 Å². The van der Waals surface area contributed by atoms with Gasteiger partial charge in [-0.3, -0.25) is 0 Å². The van der Waals surface area contributed by atoms with Crippen molar-refractivity contribution in [1.82, 2.24) is 19.4 Å². The highest BCUT2D eigenvalue weighted by atomic mass is 15.0. The summed E-state index contributed by atoms with van der Waals surface area (Å²) in [6, 6.07) is 59.9. The molecule has 0 amide bonds. The molecule has 4 heteroatoms. The second-order valence-electron chi connectivity index (χ2n) is 12.4. The van der Waals surface area contributed by atoms with Crippen molar-refractivity contribution in [2.24, 2.45) is 0 Å². The molecule has 0 N–H and O–H groups in total. The largest absolute Gasteiger partial charge is 0.308 e. The van der Waals surface area contributed by atoms with E-state index in [1.54, 1.807) is 0 Å². The van der Waals surface area contributed by atoms with Gasteiger partial charge in [0.15, 0.2) is 17.5 Å². The van der Waals surface area contributed by atoms with Gasteiger partial charge in [-0.05, 0) is 39.7 Å². The van der Waals surface area contributed by atoms with E-state index in [9.17, 15) is 0 Å². The van der Waals surface area contributed by atoms with Gasteiger partial charge in [-0.25, -0.2) is 15.0 Å². The third-order valence-corrected chi connectivity index (χ3v) is 9.61. The molecule has 0 atom stereocenters. The lowest BCUT2D eigenvalue weighted by Crippen LogP contribution is -2.00. The smallest absolute Gasteiger partial charge is 0.164 e. The predicted molar refractivity (Wildman–Crippen MR) is 203 cm³/mol. The van der Waals surface area contributed by atoms with E-state index >= 15 is 0 Å². The number of benzene rings is 7. The monoisotopic (exact) mass is 624 g/mol. The summed E-state index contributed by atoms with van der Waals surface area (Å²) in [5, 5.41) is 9.52. The molecule has 10 rings (SSSR count). The Balaban J connectivity index is 1.37. The van der Waals surface area contributed by atoms with Gasteiger partial charge in [0, 0.05) is 38.2 Å². The Kier molecular flexibility index (Phi) is 6.15. The van der Waals surface area contributed by atoms with Crippen LogP contribution in [0.2, 0.25) is 0 Å². The topological polar surface area (TPSA) is 43.1 Å². The maximum atomic E-state index is 5.07. The van der Waals surface area contributed by atoms with Gasteiger partial charge in [-0.2, -0.15) is 0 Å². The van der Waals surface area contributed by atoms with Crippen LogP contribution in [-0.4, -0.2) is 19.4 Å². The number of hydrogen-bond donors (Lipinski definition) is 0. The van der Waals surface area contributed by atoms with Crippen LogP contribution in [-0.2, 0) is 0 Å². The van der Waals surface area contributed by atoms with Gasteiger partial charge in [-0.15, -0.1) is 0 Å². The van der Waals surface area contributed by atoms with Crippen LogP contribution in [0.3, 0.4) is 0 Å². The Morgan fingerprint density at radius 3 is 1.29 bits per heavy atom. The first-order chi connectivity index (χ1) is 24.3. The summed E-state index contributed by atoms with van der Waals surface area (Å²) in [4.78, 5) is 15.1. The van der Waals surface area contributed by atoms with Crippen LogP contribution in [0.5, 0.6) is 0 Å². The molecule has 0 spiro atoms. The second-order valence-corrected chi connectivity index (χ2v) is 12.4. The highest BCUT2D eigenvalue weighted by Gasteiger charge is 2.16. The van der Waals surface area contributed by atoms with E-state index in [2.05, 4.69) is 114 Å². The van der Waals surface area contributed by atoms with Crippen molar-refractivity contribution < 1.29 is 0 Å². The summed E-state index contributed by atoms with van der Waals surface area (Å²) in [6.45, 7) is 0. The fourth-order valence-electron chi connectivity index (χ4n) is 7.41. The summed E-state index contributed by atoms with van der Waals surface area (Å²) < 4.78 is 2.46. The maximum Gasteiger partial charge on any atom is 0.164 e. The van der Waals surface area contributed by atoms with E-state index in [1.807, 2.05) is 60.7 Å². The third-order valence-electron chi connectivity index (χ3n) is 9.61. The van der Waals surface area contributed by atoms with Gasteiger partial charge < -0.3 is 4.40 Å². The van der Waals surface area contributed by atoms with Gasteiger partial charge in [-0.1, -0.05) is 152 Å². The van der Waals surface area contributed by atoms with Gasteiger partial charge in [0.2, 0.25) is 0 Å². The Hall–Kier alpha value is -6.65. The summed E-state index contributed by atoms with van der Waals surface area (Å²) in [5.41, 5.74) is 6.41. The summed E-state index contributed by atoms with van der Waals surface area (Å²) in [5.74, 6) is 1.94. The summed E-state index contributed by atoms with van der Waals surface area (Å²) in [6.07, 6.45) is 0. The molecule has 0 aliphatic heterocycles. The second kappa shape index (κ2) is 11.0. The summed E-state index contributed by atoms with van der Waals surface area (Å²) >= 11 is 0. The Morgan fingerprint density at radius 1 is 0.286 bits per heavy atom. The normalized spacial score (nSPS) is 11.7. The molecule has 4 nitrogen and oxygen atoms in total. The highest BCUT2D eigenvalue weighted by molar-refractivity contribution is 6.25. The van der Waals surface area contributed by atoms with Crippen LogP contribution in [0.15, 0.2) is 170 Å². The first-order valence-corrected chi connectivity index (χ1v) is 16.5. The molecule has 0 aliphatic rings.